The maximum atomic E-state index is 12.3. The molecule has 1 saturated carbocycles. The molecule has 25 heavy (non-hydrogen) atoms. The lowest BCUT2D eigenvalue weighted by atomic mass is 9.95. The molecule has 0 aromatic carbocycles. The molecule has 0 radical (unpaired) electrons. The Hall–Kier alpha value is 0.110. The van der Waals surface area contributed by atoms with Crippen molar-refractivity contribution in [1.82, 2.24) is 0 Å². The summed E-state index contributed by atoms with van der Waals surface area (Å²) in [6, 6.07) is 0. The highest BCUT2D eigenvalue weighted by atomic mass is 31.2. The molecule has 0 saturated heterocycles. The summed E-state index contributed by atoms with van der Waals surface area (Å²) in [6.45, 7) is 4.80. The van der Waals surface area contributed by atoms with E-state index in [9.17, 15) is 9.46 Å². The van der Waals surface area contributed by atoms with Crippen LogP contribution in [0.4, 0.5) is 0 Å². The lowest BCUT2D eigenvalue weighted by molar-refractivity contribution is 0.0722. The van der Waals surface area contributed by atoms with Gasteiger partial charge in [-0.1, -0.05) is 84.5 Å². The third-order valence-electron chi connectivity index (χ3n) is 5.24. The van der Waals surface area contributed by atoms with Crippen LogP contribution >= 0.6 is 7.82 Å². The molecule has 0 aromatic rings. The number of hydrogen-bond acceptors (Lipinski definition) is 3. The Morgan fingerprint density at radius 1 is 0.920 bits per heavy atom. The lowest BCUT2D eigenvalue weighted by Crippen LogP contribution is -2.17. The van der Waals surface area contributed by atoms with Gasteiger partial charge in [0.2, 0.25) is 0 Å². The van der Waals surface area contributed by atoms with Crippen LogP contribution in [-0.4, -0.2) is 17.6 Å². The third-order valence-corrected chi connectivity index (χ3v) is 6.28. The van der Waals surface area contributed by atoms with Gasteiger partial charge in [-0.25, -0.2) is 4.57 Å². The lowest BCUT2D eigenvalue weighted by Gasteiger charge is -2.25. The molecule has 0 aromatic heterocycles. The molecular formula is C20H41O4P. The first kappa shape index (κ1) is 23.1. The second kappa shape index (κ2) is 14.2. The van der Waals surface area contributed by atoms with Crippen LogP contribution in [0.5, 0.6) is 0 Å². The Balaban J connectivity index is 2.34. The molecule has 0 spiro atoms. The molecule has 1 unspecified atom stereocenters. The first-order valence-corrected chi connectivity index (χ1v) is 12.2. The average molecular weight is 377 g/mol. The fraction of sp³-hybridized carbons (Fsp3) is 1.00. The van der Waals surface area contributed by atoms with Crippen LogP contribution in [0, 0.1) is 5.92 Å². The summed E-state index contributed by atoms with van der Waals surface area (Å²) in [5.41, 5.74) is 0. The van der Waals surface area contributed by atoms with E-state index < -0.39 is 7.82 Å². The minimum absolute atomic E-state index is 0.0999. The summed E-state index contributed by atoms with van der Waals surface area (Å²) in [4.78, 5) is 10.0. The van der Waals surface area contributed by atoms with Crippen molar-refractivity contribution in [2.75, 3.05) is 6.61 Å². The van der Waals surface area contributed by atoms with Gasteiger partial charge in [0.05, 0.1) is 12.7 Å². The molecule has 1 fully saturated rings. The summed E-state index contributed by atoms with van der Waals surface area (Å²) < 4.78 is 23.1. The van der Waals surface area contributed by atoms with E-state index in [2.05, 4.69) is 13.8 Å². The first-order valence-electron chi connectivity index (χ1n) is 10.7. The zero-order chi connectivity index (χ0) is 18.4. The number of phosphoric acid groups is 1. The van der Waals surface area contributed by atoms with Crippen molar-refractivity contribution in [2.45, 2.75) is 116 Å². The van der Waals surface area contributed by atoms with Crippen LogP contribution in [0.25, 0.3) is 0 Å². The molecule has 150 valence electrons. The largest absolute Gasteiger partial charge is 0.472 e. The number of phosphoric ester groups is 1. The van der Waals surface area contributed by atoms with Crippen molar-refractivity contribution in [1.29, 1.82) is 0 Å². The van der Waals surface area contributed by atoms with Gasteiger partial charge >= 0.3 is 7.82 Å². The van der Waals surface area contributed by atoms with E-state index in [0.29, 0.717) is 12.5 Å². The van der Waals surface area contributed by atoms with Crippen LogP contribution in [0.3, 0.4) is 0 Å². The van der Waals surface area contributed by atoms with Crippen molar-refractivity contribution >= 4 is 7.82 Å². The highest BCUT2D eigenvalue weighted by Gasteiger charge is 2.28. The van der Waals surface area contributed by atoms with Gasteiger partial charge < -0.3 is 4.89 Å². The quantitative estimate of drug-likeness (QED) is 0.247. The molecule has 0 amide bonds. The smallest absolute Gasteiger partial charge is 0.302 e. The van der Waals surface area contributed by atoms with Crippen molar-refractivity contribution in [2.24, 2.45) is 5.92 Å². The predicted octanol–water partition coefficient (Wildman–Crippen LogP) is 7.01. The van der Waals surface area contributed by atoms with Crippen LogP contribution in [0.1, 0.15) is 110 Å². The Morgan fingerprint density at radius 2 is 1.48 bits per heavy atom. The number of unbranched alkanes of at least 4 members (excludes halogenated alkanes) is 6. The van der Waals surface area contributed by atoms with Crippen molar-refractivity contribution in [3.05, 3.63) is 0 Å². The van der Waals surface area contributed by atoms with E-state index in [1.807, 2.05) is 0 Å². The molecule has 1 aliphatic carbocycles. The Bertz CT molecular complexity index is 344. The molecule has 1 aliphatic rings. The maximum absolute atomic E-state index is 12.3. The van der Waals surface area contributed by atoms with Crippen molar-refractivity contribution in [3.8, 4) is 0 Å². The molecule has 5 heteroatoms. The predicted molar refractivity (Wildman–Crippen MR) is 105 cm³/mol. The second-order valence-electron chi connectivity index (χ2n) is 7.69. The summed E-state index contributed by atoms with van der Waals surface area (Å²) in [5.74, 6) is 0.379. The van der Waals surface area contributed by atoms with Gasteiger partial charge in [0.1, 0.15) is 0 Å². The van der Waals surface area contributed by atoms with E-state index in [1.54, 1.807) is 0 Å². The molecule has 1 rings (SSSR count). The zero-order valence-electron chi connectivity index (χ0n) is 16.6. The average Bonchev–Trinajstić information content (AvgIpc) is 2.60. The van der Waals surface area contributed by atoms with Gasteiger partial charge in [0, 0.05) is 0 Å². The summed E-state index contributed by atoms with van der Waals surface area (Å²) in [5, 5.41) is 0. The van der Waals surface area contributed by atoms with Gasteiger partial charge in [-0.15, -0.1) is 0 Å². The van der Waals surface area contributed by atoms with Crippen molar-refractivity contribution in [3.63, 3.8) is 0 Å². The Kier molecular flexibility index (Phi) is 13.2. The van der Waals surface area contributed by atoms with Crippen LogP contribution in [0.15, 0.2) is 0 Å². The number of rotatable bonds is 15. The Morgan fingerprint density at radius 3 is 2.00 bits per heavy atom. The van der Waals surface area contributed by atoms with Crippen LogP contribution in [-0.2, 0) is 13.6 Å². The molecular weight excluding hydrogens is 335 g/mol. The standard InChI is InChI=1S/C20H41O4P/c1-3-5-7-10-14-19(15-11-8-6-4-2)18-23-25(21,22)24-20-16-12-9-13-17-20/h19-20H,3-18H2,1-2H3,(H,21,22). The summed E-state index contributed by atoms with van der Waals surface area (Å²) in [6.07, 6.45) is 17.1. The molecule has 1 N–H and O–H groups in total. The van der Waals surface area contributed by atoms with Gasteiger partial charge in [0.15, 0.2) is 0 Å². The molecule has 0 heterocycles. The molecule has 0 aliphatic heterocycles. The highest BCUT2D eigenvalue weighted by Crippen LogP contribution is 2.47. The maximum Gasteiger partial charge on any atom is 0.472 e. The van der Waals surface area contributed by atoms with E-state index >= 15 is 0 Å². The van der Waals surface area contributed by atoms with Gasteiger partial charge in [0.25, 0.3) is 0 Å². The summed E-state index contributed by atoms with van der Waals surface area (Å²) in [7, 11) is -3.90. The Labute approximate surface area is 155 Å². The van der Waals surface area contributed by atoms with E-state index in [4.69, 9.17) is 9.05 Å². The normalized spacial score (nSPS) is 18.6. The zero-order valence-corrected chi connectivity index (χ0v) is 17.5. The van der Waals surface area contributed by atoms with Gasteiger partial charge in [-0.3, -0.25) is 9.05 Å². The van der Waals surface area contributed by atoms with E-state index in [1.165, 1.54) is 57.8 Å². The fourth-order valence-electron chi connectivity index (χ4n) is 3.62. The minimum atomic E-state index is -3.90. The van der Waals surface area contributed by atoms with E-state index in [-0.39, 0.29) is 6.10 Å². The minimum Gasteiger partial charge on any atom is -0.302 e. The van der Waals surface area contributed by atoms with Gasteiger partial charge in [-0.2, -0.15) is 0 Å². The second-order valence-corrected chi connectivity index (χ2v) is 9.10. The highest BCUT2D eigenvalue weighted by molar-refractivity contribution is 7.47. The fourth-order valence-corrected chi connectivity index (χ4v) is 4.67. The summed E-state index contributed by atoms with van der Waals surface area (Å²) >= 11 is 0. The number of hydrogen-bond donors (Lipinski definition) is 1. The molecule has 0 bridgehead atoms. The van der Waals surface area contributed by atoms with Crippen molar-refractivity contribution < 1.29 is 18.5 Å². The molecule has 1 atom stereocenters. The SMILES string of the molecule is CCCCCCC(CCCCCC)COP(=O)(O)OC1CCCCC1. The van der Waals surface area contributed by atoms with Crippen LogP contribution < -0.4 is 0 Å². The van der Waals surface area contributed by atoms with E-state index in [0.717, 1.165) is 38.5 Å². The monoisotopic (exact) mass is 376 g/mol. The third kappa shape index (κ3) is 12.2. The van der Waals surface area contributed by atoms with Gasteiger partial charge in [-0.05, 0) is 31.6 Å². The van der Waals surface area contributed by atoms with Crippen LogP contribution in [0.2, 0.25) is 0 Å². The first-order chi connectivity index (χ1) is 12.1. The topological polar surface area (TPSA) is 55.8 Å². The molecule has 4 nitrogen and oxygen atoms in total.